The van der Waals surface area contributed by atoms with E-state index in [-0.39, 0.29) is 12.4 Å². The van der Waals surface area contributed by atoms with Gasteiger partial charge in [-0.05, 0) is 18.6 Å². The molecular weight excluding hydrogens is 196 g/mol. The number of Topliss-reactive ketones (excluding diaryl/α,β-unsaturated/α-hetero) is 1. The molecule has 3 heteroatoms. The zero-order chi connectivity index (χ0) is 10.4. The monoisotopic (exact) mass is 210 g/mol. The third-order valence-corrected chi connectivity index (χ3v) is 3.02. The summed E-state index contributed by atoms with van der Waals surface area (Å²) in [7, 11) is 1.54. The average molecular weight is 210 g/mol. The molecular formula is C11H14O2S. The molecule has 0 saturated carbocycles. The van der Waals surface area contributed by atoms with Crippen molar-refractivity contribution in [3.05, 3.63) is 29.8 Å². The quantitative estimate of drug-likeness (QED) is 0.698. The van der Waals surface area contributed by atoms with E-state index in [1.807, 2.05) is 31.2 Å². The maximum Gasteiger partial charge on any atom is 0.168 e. The molecule has 0 bridgehead atoms. The molecule has 0 fully saturated rings. The standard InChI is InChI=1S/C11H14O2S/c1-9-5-3-4-6-11(9)14-8-10(12)7-13-2/h3-6H,7-8H2,1-2H3. The van der Waals surface area contributed by atoms with Gasteiger partial charge in [-0.3, -0.25) is 4.79 Å². The van der Waals surface area contributed by atoms with Gasteiger partial charge in [0, 0.05) is 12.0 Å². The smallest absolute Gasteiger partial charge is 0.168 e. The minimum Gasteiger partial charge on any atom is -0.377 e. The zero-order valence-corrected chi connectivity index (χ0v) is 9.26. The summed E-state index contributed by atoms with van der Waals surface area (Å²) in [5.41, 5.74) is 1.21. The molecule has 14 heavy (non-hydrogen) atoms. The summed E-state index contributed by atoms with van der Waals surface area (Å²) in [5, 5.41) is 0. The molecule has 0 aromatic heterocycles. The van der Waals surface area contributed by atoms with Crippen molar-refractivity contribution in [2.75, 3.05) is 19.5 Å². The van der Waals surface area contributed by atoms with E-state index in [0.29, 0.717) is 5.75 Å². The molecule has 0 aliphatic carbocycles. The Morgan fingerprint density at radius 2 is 2.14 bits per heavy atom. The Morgan fingerprint density at radius 1 is 1.43 bits per heavy atom. The number of benzene rings is 1. The maximum absolute atomic E-state index is 11.2. The summed E-state index contributed by atoms with van der Waals surface area (Å²) < 4.78 is 4.76. The number of carbonyl (C=O) groups excluding carboxylic acids is 1. The van der Waals surface area contributed by atoms with E-state index < -0.39 is 0 Å². The van der Waals surface area contributed by atoms with E-state index in [4.69, 9.17) is 4.74 Å². The van der Waals surface area contributed by atoms with Crippen molar-refractivity contribution in [1.82, 2.24) is 0 Å². The highest BCUT2D eigenvalue weighted by Crippen LogP contribution is 2.21. The van der Waals surface area contributed by atoms with Gasteiger partial charge in [0.25, 0.3) is 0 Å². The van der Waals surface area contributed by atoms with Gasteiger partial charge >= 0.3 is 0 Å². The first kappa shape index (κ1) is 11.3. The minimum absolute atomic E-state index is 0.126. The Morgan fingerprint density at radius 3 is 2.79 bits per heavy atom. The van der Waals surface area contributed by atoms with Gasteiger partial charge in [0.15, 0.2) is 5.78 Å². The Hall–Kier alpha value is -0.800. The van der Waals surface area contributed by atoms with Crippen molar-refractivity contribution in [1.29, 1.82) is 0 Å². The minimum atomic E-state index is 0.126. The number of hydrogen-bond donors (Lipinski definition) is 0. The second-order valence-electron chi connectivity index (χ2n) is 3.03. The molecule has 0 heterocycles. The van der Waals surface area contributed by atoms with Gasteiger partial charge in [-0.25, -0.2) is 0 Å². The van der Waals surface area contributed by atoms with Gasteiger partial charge in [-0.15, -0.1) is 11.8 Å². The number of ketones is 1. The Kier molecular flexibility index (Phi) is 4.70. The normalized spacial score (nSPS) is 10.1. The van der Waals surface area contributed by atoms with Crippen molar-refractivity contribution in [2.45, 2.75) is 11.8 Å². The Balaban J connectivity index is 2.46. The fourth-order valence-electron chi connectivity index (χ4n) is 1.08. The number of hydrogen-bond acceptors (Lipinski definition) is 3. The third kappa shape index (κ3) is 3.52. The number of rotatable bonds is 5. The lowest BCUT2D eigenvalue weighted by Crippen LogP contribution is -2.08. The highest BCUT2D eigenvalue weighted by atomic mass is 32.2. The van der Waals surface area contributed by atoms with Crippen molar-refractivity contribution >= 4 is 17.5 Å². The molecule has 0 radical (unpaired) electrons. The predicted molar refractivity (Wildman–Crippen MR) is 58.8 cm³/mol. The first-order valence-corrected chi connectivity index (χ1v) is 5.41. The van der Waals surface area contributed by atoms with Gasteiger partial charge in [-0.2, -0.15) is 0 Å². The number of carbonyl (C=O) groups is 1. The van der Waals surface area contributed by atoms with Crippen LogP contribution in [0.25, 0.3) is 0 Å². The second-order valence-corrected chi connectivity index (χ2v) is 4.04. The Bertz CT molecular complexity index is 310. The van der Waals surface area contributed by atoms with Crippen LogP contribution in [0.5, 0.6) is 0 Å². The van der Waals surface area contributed by atoms with Crippen LogP contribution in [0, 0.1) is 6.92 Å². The van der Waals surface area contributed by atoms with Crippen molar-refractivity contribution in [2.24, 2.45) is 0 Å². The first-order valence-electron chi connectivity index (χ1n) is 4.43. The van der Waals surface area contributed by atoms with E-state index >= 15 is 0 Å². The summed E-state index contributed by atoms with van der Waals surface area (Å²) in [4.78, 5) is 12.3. The molecule has 0 spiro atoms. The lowest BCUT2D eigenvalue weighted by Gasteiger charge is -2.03. The van der Waals surface area contributed by atoms with E-state index in [1.165, 1.54) is 12.7 Å². The molecule has 1 aromatic rings. The zero-order valence-electron chi connectivity index (χ0n) is 8.45. The first-order chi connectivity index (χ1) is 6.74. The van der Waals surface area contributed by atoms with Crippen LogP contribution in [-0.4, -0.2) is 25.3 Å². The molecule has 0 N–H and O–H groups in total. The summed E-state index contributed by atoms with van der Waals surface area (Å²) in [5.74, 6) is 0.611. The molecule has 0 amide bonds. The van der Waals surface area contributed by atoms with Gasteiger partial charge in [0.05, 0.1) is 5.75 Å². The predicted octanol–water partition coefficient (Wildman–Crippen LogP) is 2.30. The fraction of sp³-hybridized carbons (Fsp3) is 0.364. The van der Waals surface area contributed by atoms with E-state index in [0.717, 1.165) is 4.90 Å². The molecule has 76 valence electrons. The van der Waals surface area contributed by atoms with Crippen molar-refractivity contribution in [3.8, 4) is 0 Å². The molecule has 0 saturated heterocycles. The molecule has 0 aliphatic rings. The van der Waals surface area contributed by atoms with Gasteiger partial charge in [0.2, 0.25) is 0 Å². The van der Waals surface area contributed by atoms with Crippen LogP contribution in [0.2, 0.25) is 0 Å². The fourth-order valence-corrected chi connectivity index (χ4v) is 1.95. The average Bonchev–Trinajstić information content (AvgIpc) is 2.17. The van der Waals surface area contributed by atoms with Gasteiger partial charge in [-0.1, -0.05) is 18.2 Å². The molecule has 2 nitrogen and oxygen atoms in total. The van der Waals surface area contributed by atoms with Crippen molar-refractivity contribution in [3.63, 3.8) is 0 Å². The van der Waals surface area contributed by atoms with Crippen LogP contribution in [-0.2, 0) is 9.53 Å². The number of thioether (sulfide) groups is 1. The summed E-state index contributed by atoms with van der Waals surface area (Å²) >= 11 is 1.57. The summed E-state index contributed by atoms with van der Waals surface area (Å²) in [6.45, 7) is 2.25. The summed E-state index contributed by atoms with van der Waals surface area (Å²) in [6.07, 6.45) is 0. The van der Waals surface area contributed by atoms with Crippen LogP contribution >= 0.6 is 11.8 Å². The molecule has 0 aliphatic heterocycles. The van der Waals surface area contributed by atoms with Crippen LogP contribution in [0.3, 0.4) is 0 Å². The second kappa shape index (κ2) is 5.83. The number of methoxy groups -OCH3 is 1. The lowest BCUT2D eigenvalue weighted by molar-refractivity contribution is -0.120. The SMILES string of the molecule is COCC(=O)CSc1ccccc1C. The number of ether oxygens (including phenoxy) is 1. The molecule has 0 atom stereocenters. The van der Waals surface area contributed by atoms with Gasteiger partial charge in [0.1, 0.15) is 6.61 Å². The van der Waals surface area contributed by atoms with Crippen LogP contribution in [0.1, 0.15) is 5.56 Å². The van der Waals surface area contributed by atoms with E-state index in [2.05, 4.69) is 0 Å². The van der Waals surface area contributed by atoms with Crippen molar-refractivity contribution < 1.29 is 9.53 Å². The van der Waals surface area contributed by atoms with Crippen LogP contribution in [0.15, 0.2) is 29.2 Å². The van der Waals surface area contributed by atoms with Crippen LogP contribution in [0.4, 0.5) is 0 Å². The third-order valence-electron chi connectivity index (χ3n) is 1.79. The van der Waals surface area contributed by atoms with Crippen LogP contribution < -0.4 is 0 Å². The lowest BCUT2D eigenvalue weighted by atomic mass is 10.2. The Labute approximate surface area is 88.7 Å². The number of aryl methyl sites for hydroxylation is 1. The topological polar surface area (TPSA) is 26.3 Å². The highest BCUT2D eigenvalue weighted by molar-refractivity contribution is 8.00. The molecule has 1 aromatic carbocycles. The molecule has 0 unspecified atom stereocenters. The maximum atomic E-state index is 11.2. The molecule has 1 rings (SSSR count). The highest BCUT2D eigenvalue weighted by Gasteiger charge is 2.03. The van der Waals surface area contributed by atoms with E-state index in [9.17, 15) is 4.79 Å². The van der Waals surface area contributed by atoms with Gasteiger partial charge < -0.3 is 4.74 Å². The van der Waals surface area contributed by atoms with E-state index in [1.54, 1.807) is 11.8 Å². The summed E-state index contributed by atoms with van der Waals surface area (Å²) in [6, 6.07) is 8.05. The largest absolute Gasteiger partial charge is 0.377 e.